The van der Waals surface area contributed by atoms with E-state index in [1.165, 1.54) is 56.9 Å². The zero-order chi connectivity index (χ0) is 22.1. The van der Waals surface area contributed by atoms with E-state index in [-0.39, 0.29) is 12.5 Å². The molecule has 1 nitrogen and oxygen atoms in total. The molecular formula is C28H42F2O. The van der Waals surface area contributed by atoms with Crippen LogP contribution in [0, 0.1) is 17.8 Å². The second-order valence-corrected chi connectivity index (χ2v) is 9.98. The third-order valence-corrected chi connectivity index (χ3v) is 7.82. The number of ether oxygens (including phenoxy) is 1. The third kappa shape index (κ3) is 7.41. The van der Waals surface area contributed by atoms with Gasteiger partial charge in [-0.25, -0.2) is 8.78 Å². The van der Waals surface area contributed by atoms with Crippen molar-refractivity contribution in [3.63, 3.8) is 0 Å². The minimum Gasteiger partial charge on any atom is -0.367 e. The van der Waals surface area contributed by atoms with Gasteiger partial charge >= 0.3 is 0 Å². The molecule has 0 radical (unpaired) electrons. The summed E-state index contributed by atoms with van der Waals surface area (Å²) in [6.45, 7) is 6.40. The van der Waals surface area contributed by atoms with Gasteiger partial charge in [0.05, 0.1) is 6.61 Å². The van der Waals surface area contributed by atoms with Crippen molar-refractivity contribution >= 4 is 0 Å². The number of hydrogen-bond acceptors (Lipinski definition) is 1. The minimum absolute atomic E-state index is 0.0389. The Bertz CT molecular complexity index is 625. The fourth-order valence-electron chi connectivity index (χ4n) is 5.67. The summed E-state index contributed by atoms with van der Waals surface area (Å²) in [5.74, 6) is 2.02. The van der Waals surface area contributed by atoms with Crippen LogP contribution in [0.4, 0.5) is 8.78 Å². The number of unbranched alkanes of at least 4 members (excludes halogenated alkanes) is 2. The van der Waals surface area contributed by atoms with Crippen molar-refractivity contribution in [2.24, 2.45) is 17.8 Å². The Morgan fingerprint density at radius 1 is 0.968 bits per heavy atom. The molecule has 1 aromatic rings. The number of allylic oxidation sites excluding steroid dienone is 1. The number of benzene rings is 1. The van der Waals surface area contributed by atoms with E-state index < -0.39 is 12.5 Å². The lowest BCUT2D eigenvalue weighted by Gasteiger charge is -2.32. The fraction of sp³-hybridized carbons (Fsp3) is 0.714. The number of halogens is 2. The van der Waals surface area contributed by atoms with Gasteiger partial charge in [0.15, 0.2) is 0 Å². The van der Waals surface area contributed by atoms with Crippen LogP contribution < -0.4 is 0 Å². The van der Waals surface area contributed by atoms with Crippen LogP contribution in [0.25, 0.3) is 0 Å². The van der Waals surface area contributed by atoms with Gasteiger partial charge in [0.25, 0.3) is 6.43 Å². The van der Waals surface area contributed by atoms with E-state index in [1.54, 1.807) is 0 Å². The first-order valence-corrected chi connectivity index (χ1v) is 12.7. The molecule has 0 bridgehead atoms. The molecule has 31 heavy (non-hydrogen) atoms. The summed E-state index contributed by atoms with van der Waals surface area (Å²) in [5.41, 5.74) is 2.41. The predicted octanol–water partition coefficient (Wildman–Crippen LogP) is 8.68. The van der Waals surface area contributed by atoms with Gasteiger partial charge < -0.3 is 4.74 Å². The first kappa shape index (κ1) is 24.4. The topological polar surface area (TPSA) is 9.23 Å². The lowest BCUT2D eigenvalue weighted by atomic mass is 9.77. The molecule has 2 fully saturated rings. The van der Waals surface area contributed by atoms with Crippen LogP contribution in [0.15, 0.2) is 36.9 Å². The first-order chi connectivity index (χ1) is 15.1. The highest BCUT2D eigenvalue weighted by Gasteiger charge is 2.33. The van der Waals surface area contributed by atoms with E-state index in [0.29, 0.717) is 11.8 Å². The van der Waals surface area contributed by atoms with E-state index in [2.05, 4.69) is 37.8 Å². The average molecular weight is 433 g/mol. The molecule has 1 aromatic carbocycles. The molecule has 2 aliphatic carbocycles. The molecule has 0 N–H and O–H groups in total. The number of alkyl halides is 2. The van der Waals surface area contributed by atoms with Gasteiger partial charge in [-0.15, -0.1) is 6.58 Å². The molecular weight excluding hydrogens is 390 g/mol. The maximum absolute atomic E-state index is 13.7. The molecule has 1 unspecified atom stereocenters. The summed E-state index contributed by atoms with van der Waals surface area (Å²) in [6.07, 6.45) is 12.9. The number of rotatable bonds is 11. The Morgan fingerprint density at radius 2 is 1.65 bits per heavy atom. The molecule has 0 spiro atoms. The Hall–Kier alpha value is -1.22. The summed E-state index contributed by atoms with van der Waals surface area (Å²) in [6, 6.07) is 8.57. The quantitative estimate of drug-likeness (QED) is 0.251. The van der Waals surface area contributed by atoms with Gasteiger partial charge in [-0.3, -0.25) is 0 Å². The molecule has 3 rings (SSSR count). The molecule has 3 heteroatoms. The average Bonchev–Trinajstić information content (AvgIpc) is 2.80. The molecule has 0 aliphatic heterocycles. The minimum atomic E-state index is -2.42. The molecule has 0 amide bonds. The van der Waals surface area contributed by atoms with Crippen LogP contribution >= 0.6 is 0 Å². The van der Waals surface area contributed by atoms with Crippen molar-refractivity contribution in [3.05, 3.63) is 48.0 Å². The van der Waals surface area contributed by atoms with Crippen molar-refractivity contribution in [3.8, 4) is 0 Å². The molecule has 2 aliphatic rings. The Labute approximate surface area is 188 Å². The van der Waals surface area contributed by atoms with Gasteiger partial charge in [0.2, 0.25) is 0 Å². The van der Waals surface area contributed by atoms with Gasteiger partial charge in [-0.1, -0.05) is 62.9 Å². The van der Waals surface area contributed by atoms with Crippen LogP contribution in [0.1, 0.15) is 101 Å². The van der Waals surface area contributed by atoms with E-state index in [0.717, 1.165) is 37.2 Å². The highest BCUT2D eigenvalue weighted by atomic mass is 19.3. The Morgan fingerprint density at radius 3 is 2.23 bits per heavy atom. The van der Waals surface area contributed by atoms with Crippen molar-refractivity contribution in [2.75, 3.05) is 0 Å². The second-order valence-electron chi connectivity index (χ2n) is 9.98. The molecule has 0 aromatic heterocycles. The summed E-state index contributed by atoms with van der Waals surface area (Å²) in [5, 5.41) is 0. The third-order valence-electron chi connectivity index (χ3n) is 7.82. The SMILES string of the molecule is C=CC1CCC(C(OCc2ccc(C3CCC(CCCCC)CC3)cc2)C(F)F)CC1. The van der Waals surface area contributed by atoms with Crippen LogP contribution in [0.2, 0.25) is 0 Å². The lowest BCUT2D eigenvalue weighted by molar-refractivity contribution is -0.101. The van der Waals surface area contributed by atoms with Crippen LogP contribution in [-0.4, -0.2) is 12.5 Å². The van der Waals surface area contributed by atoms with E-state index in [9.17, 15) is 8.78 Å². The second kappa shape index (κ2) is 12.7. The normalized spacial score (nSPS) is 27.9. The largest absolute Gasteiger partial charge is 0.367 e. The van der Waals surface area contributed by atoms with E-state index in [4.69, 9.17) is 4.74 Å². The molecule has 1 atom stereocenters. The van der Waals surface area contributed by atoms with Crippen LogP contribution in [-0.2, 0) is 11.3 Å². The van der Waals surface area contributed by atoms with Gasteiger partial charge in [0.1, 0.15) is 6.10 Å². The van der Waals surface area contributed by atoms with E-state index in [1.807, 2.05) is 6.08 Å². The molecule has 0 saturated heterocycles. The molecule has 174 valence electrons. The summed E-state index contributed by atoms with van der Waals surface area (Å²) >= 11 is 0. The van der Waals surface area contributed by atoms with Gasteiger partial charge in [0, 0.05) is 0 Å². The van der Waals surface area contributed by atoms with Crippen molar-refractivity contribution < 1.29 is 13.5 Å². The first-order valence-electron chi connectivity index (χ1n) is 12.7. The Balaban J connectivity index is 1.45. The Kier molecular flexibility index (Phi) is 10.0. The highest BCUT2D eigenvalue weighted by Crippen LogP contribution is 2.38. The van der Waals surface area contributed by atoms with Crippen LogP contribution in [0.5, 0.6) is 0 Å². The molecule has 0 heterocycles. The maximum Gasteiger partial charge on any atom is 0.264 e. The van der Waals surface area contributed by atoms with Gasteiger partial charge in [-0.2, -0.15) is 0 Å². The summed E-state index contributed by atoms with van der Waals surface area (Å²) < 4.78 is 33.1. The molecule has 2 saturated carbocycles. The zero-order valence-electron chi connectivity index (χ0n) is 19.4. The number of hydrogen-bond donors (Lipinski definition) is 0. The van der Waals surface area contributed by atoms with Crippen molar-refractivity contribution in [2.45, 2.75) is 109 Å². The van der Waals surface area contributed by atoms with Crippen molar-refractivity contribution in [1.29, 1.82) is 0 Å². The van der Waals surface area contributed by atoms with Gasteiger partial charge in [-0.05, 0) is 86.2 Å². The summed E-state index contributed by atoms with van der Waals surface area (Å²) in [7, 11) is 0. The summed E-state index contributed by atoms with van der Waals surface area (Å²) in [4.78, 5) is 0. The maximum atomic E-state index is 13.7. The van der Waals surface area contributed by atoms with Crippen LogP contribution in [0.3, 0.4) is 0 Å². The monoisotopic (exact) mass is 432 g/mol. The lowest BCUT2D eigenvalue weighted by Crippen LogP contribution is -2.33. The predicted molar refractivity (Wildman–Crippen MR) is 126 cm³/mol. The zero-order valence-corrected chi connectivity index (χ0v) is 19.4. The smallest absolute Gasteiger partial charge is 0.264 e. The van der Waals surface area contributed by atoms with Crippen molar-refractivity contribution in [1.82, 2.24) is 0 Å². The highest BCUT2D eigenvalue weighted by molar-refractivity contribution is 5.25. The fourth-order valence-corrected chi connectivity index (χ4v) is 5.67. The van der Waals surface area contributed by atoms with E-state index >= 15 is 0 Å². The standard InChI is InChI=1S/C28H42F2O/c1-3-5-6-7-22-10-14-24(15-11-22)25-16-12-23(13-17-25)20-31-27(28(29)30)26-18-8-21(4-2)9-19-26/h4,12-13,16-17,21-22,24,26-28H,2-3,5-11,14-15,18-20H2,1H3.